The molecule has 0 spiro atoms. The topological polar surface area (TPSA) is 76.1 Å². The largest absolute Gasteiger partial charge is 0.301 e. The van der Waals surface area contributed by atoms with Crippen LogP contribution in [-0.2, 0) is 20.3 Å². The molecule has 0 fully saturated rings. The first kappa shape index (κ1) is 14.5. The van der Waals surface area contributed by atoms with E-state index in [1.165, 1.54) is 0 Å². The number of amides is 1. The molecule has 1 aliphatic carbocycles. The minimum atomic E-state index is -3.83. The molecule has 0 aliphatic heterocycles. The lowest BCUT2D eigenvalue weighted by Crippen LogP contribution is -2.30. The van der Waals surface area contributed by atoms with Gasteiger partial charge in [0.05, 0.1) is 11.6 Å². The van der Waals surface area contributed by atoms with Crippen LogP contribution in [0.25, 0.3) is 0 Å². The SMILES string of the molecule is Cc1nc(NC(=O)C2Cc3ccccc32)sc1S(=O)(=O)Cl. The van der Waals surface area contributed by atoms with Crippen LogP contribution in [-0.4, -0.2) is 19.3 Å². The summed E-state index contributed by atoms with van der Waals surface area (Å²) in [5.41, 5.74) is 2.46. The van der Waals surface area contributed by atoms with Crippen molar-refractivity contribution in [1.82, 2.24) is 4.98 Å². The zero-order valence-electron chi connectivity index (χ0n) is 11.0. The Labute approximate surface area is 130 Å². The van der Waals surface area contributed by atoms with E-state index in [1.54, 1.807) is 6.92 Å². The fourth-order valence-corrected chi connectivity index (χ4v) is 4.70. The lowest BCUT2D eigenvalue weighted by atomic mass is 9.77. The van der Waals surface area contributed by atoms with Crippen molar-refractivity contribution in [3.63, 3.8) is 0 Å². The van der Waals surface area contributed by atoms with Gasteiger partial charge >= 0.3 is 0 Å². The van der Waals surface area contributed by atoms with Gasteiger partial charge in [-0.2, -0.15) is 0 Å². The van der Waals surface area contributed by atoms with Crippen LogP contribution in [0.4, 0.5) is 5.13 Å². The fraction of sp³-hybridized carbons (Fsp3) is 0.231. The number of aryl methyl sites for hydroxylation is 1. The highest BCUT2D eigenvalue weighted by molar-refractivity contribution is 8.15. The van der Waals surface area contributed by atoms with E-state index < -0.39 is 9.05 Å². The second-order valence-corrected chi connectivity index (χ2v) is 8.53. The summed E-state index contributed by atoms with van der Waals surface area (Å²) in [6, 6.07) is 7.74. The van der Waals surface area contributed by atoms with E-state index in [1.807, 2.05) is 24.3 Å². The van der Waals surface area contributed by atoms with Crippen molar-refractivity contribution in [2.24, 2.45) is 0 Å². The molecular formula is C13H11ClN2O3S2. The van der Waals surface area contributed by atoms with Crippen LogP contribution in [0.15, 0.2) is 28.5 Å². The second kappa shape index (κ2) is 5.08. The highest BCUT2D eigenvalue weighted by Crippen LogP contribution is 2.36. The zero-order valence-corrected chi connectivity index (χ0v) is 13.3. The third-order valence-corrected chi connectivity index (χ3v) is 6.63. The number of fused-ring (bicyclic) bond motifs is 1. The molecule has 8 heteroatoms. The molecule has 1 aromatic carbocycles. The average Bonchev–Trinajstić information content (AvgIpc) is 2.71. The second-order valence-electron chi connectivity index (χ2n) is 4.77. The molecule has 1 N–H and O–H groups in total. The smallest absolute Gasteiger partial charge is 0.272 e. The average molecular weight is 343 g/mol. The number of carbonyl (C=O) groups is 1. The fourth-order valence-electron chi connectivity index (χ4n) is 2.35. The van der Waals surface area contributed by atoms with Crippen LogP contribution in [0.5, 0.6) is 0 Å². The number of anilines is 1. The third-order valence-electron chi connectivity index (χ3n) is 3.38. The Balaban J connectivity index is 1.78. The third kappa shape index (κ3) is 2.68. The predicted octanol–water partition coefficient (Wildman–Crippen LogP) is 2.66. The van der Waals surface area contributed by atoms with Crippen LogP contribution in [0.2, 0.25) is 0 Å². The number of halogens is 1. The van der Waals surface area contributed by atoms with Gasteiger partial charge in [-0.1, -0.05) is 35.6 Å². The summed E-state index contributed by atoms with van der Waals surface area (Å²) in [6.45, 7) is 1.54. The lowest BCUT2D eigenvalue weighted by molar-refractivity contribution is -0.118. The molecule has 0 saturated carbocycles. The van der Waals surface area contributed by atoms with Crippen molar-refractivity contribution < 1.29 is 13.2 Å². The van der Waals surface area contributed by atoms with Gasteiger partial charge in [0, 0.05) is 10.7 Å². The van der Waals surface area contributed by atoms with Gasteiger partial charge in [0.2, 0.25) is 5.91 Å². The minimum absolute atomic E-state index is 0.0338. The highest BCUT2D eigenvalue weighted by Gasteiger charge is 2.32. The molecule has 1 heterocycles. The number of benzene rings is 1. The van der Waals surface area contributed by atoms with Gasteiger partial charge in [0.1, 0.15) is 0 Å². The Morgan fingerprint density at radius 3 is 2.76 bits per heavy atom. The van der Waals surface area contributed by atoms with E-state index in [9.17, 15) is 13.2 Å². The highest BCUT2D eigenvalue weighted by atomic mass is 35.7. The minimum Gasteiger partial charge on any atom is -0.301 e. The number of aromatic nitrogens is 1. The molecule has 3 rings (SSSR count). The standard InChI is InChI=1S/C13H11ClN2O3S2/c1-7-12(21(14,18)19)20-13(15-7)16-11(17)10-6-8-4-2-3-5-9(8)10/h2-5,10H,6H2,1H3,(H,15,16,17). The molecule has 0 saturated heterocycles. The maximum Gasteiger partial charge on any atom is 0.272 e. The number of nitrogens with zero attached hydrogens (tertiary/aromatic N) is 1. The summed E-state index contributed by atoms with van der Waals surface area (Å²) >= 11 is 0.865. The van der Waals surface area contributed by atoms with Crippen molar-refractivity contribution in [2.75, 3.05) is 5.32 Å². The van der Waals surface area contributed by atoms with Crippen molar-refractivity contribution in [3.8, 4) is 0 Å². The van der Waals surface area contributed by atoms with Crippen molar-refractivity contribution in [2.45, 2.75) is 23.5 Å². The van der Waals surface area contributed by atoms with Gasteiger partial charge in [-0.15, -0.1) is 0 Å². The molecule has 1 aromatic heterocycles. The lowest BCUT2D eigenvalue weighted by Gasteiger charge is -2.28. The van der Waals surface area contributed by atoms with Crippen LogP contribution >= 0.6 is 22.0 Å². The Bertz CT molecular complexity index is 830. The summed E-state index contributed by atoms with van der Waals surface area (Å²) in [7, 11) is 1.48. The van der Waals surface area contributed by atoms with Gasteiger partial charge in [-0.25, -0.2) is 13.4 Å². The maximum atomic E-state index is 12.2. The van der Waals surface area contributed by atoms with E-state index >= 15 is 0 Å². The molecule has 2 aromatic rings. The predicted molar refractivity (Wildman–Crippen MR) is 81.4 cm³/mol. The number of nitrogens with one attached hydrogen (secondary N) is 1. The van der Waals surface area contributed by atoms with Gasteiger partial charge in [-0.05, 0) is 24.5 Å². The number of thiazole rings is 1. The summed E-state index contributed by atoms with van der Waals surface area (Å²) in [6.07, 6.45) is 0.688. The summed E-state index contributed by atoms with van der Waals surface area (Å²) in [5.74, 6) is -0.387. The van der Waals surface area contributed by atoms with Crippen molar-refractivity contribution >= 4 is 42.1 Å². The Morgan fingerprint density at radius 2 is 2.14 bits per heavy atom. The molecular weight excluding hydrogens is 332 g/mol. The molecule has 0 radical (unpaired) electrons. The van der Waals surface area contributed by atoms with Crippen LogP contribution in [0.1, 0.15) is 22.7 Å². The normalized spacial score (nSPS) is 17.0. The van der Waals surface area contributed by atoms with E-state index in [4.69, 9.17) is 10.7 Å². The molecule has 1 atom stereocenters. The van der Waals surface area contributed by atoms with Crippen molar-refractivity contribution in [1.29, 1.82) is 0 Å². The van der Waals surface area contributed by atoms with Crippen LogP contribution in [0.3, 0.4) is 0 Å². The summed E-state index contributed by atoms with van der Waals surface area (Å²) < 4.78 is 22.6. The number of hydrogen-bond acceptors (Lipinski definition) is 5. The van der Waals surface area contributed by atoms with Crippen LogP contribution in [0, 0.1) is 6.92 Å². The molecule has 5 nitrogen and oxygen atoms in total. The van der Waals surface area contributed by atoms with E-state index in [0.717, 1.165) is 22.5 Å². The Morgan fingerprint density at radius 1 is 1.43 bits per heavy atom. The van der Waals surface area contributed by atoms with Gasteiger partial charge in [0.25, 0.3) is 9.05 Å². The number of rotatable bonds is 3. The number of carbonyl (C=O) groups excluding carboxylic acids is 1. The van der Waals surface area contributed by atoms with Crippen molar-refractivity contribution in [3.05, 3.63) is 41.1 Å². The van der Waals surface area contributed by atoms with Gasteiger partial charge < -0.3 is 5.32 Å². The molecule has 110 valence electrons. The molecule has 1 aliphatic rings. The zero-order chi connectivity index (χ0) is 15.2. The molecule has 1 amide bonds. The number of hydrogen-bond donors (Lipinski definition) is 1. The molecule has 1 unspecified atom stereocenters. The summed E-state index contributed by atoms with van der Waals surface area (Å²) in [4.78, 5) is 16.2. The monoisotopic (exact) mass is 342 g/mol. The van der Waals surface area contributed by atoms with E-state index in [-0.39, 0.29) is 21.2 Å². The summed E-state index contributed by atoms with van der Waals surface area (Å²) in [5, 5.41) is 2.91. The maximum absolute atomic E-state index is 12.2. The van der Waals surface area contributed by atoms with Gasteiger partial charge in [0.15, 0.2) is 9.34 Å². The first-order valence-corrected chi connectivity index (χ1v) is 9.29. The van der Waals surface area contributed by atoms with E-state index in [0.29, 0.717) is 12.1 Å². The quantitative estimate of drug-likeness (QED) is 0.870. The first-order valence-electron chi connectivity index (χ1n) is 6.17. The van der Waals surface area contributed by atoms with Crippen LogP contribution < -0.4 is 5.32 Å². The Hall–Kier alpha value is -1.44. The Kier molecular flexibility index (Phi) is 3.51. The van der Waals surface area contributed by atoms with Gasteiger partial charge in [-0.3, -0.25) is 4.79 Å². The van der Waals surface area contributed by atoms with E-state index in [2.05, 4.69) is 10.3 Å². The molecule has 0 bridgehead atoms. The first-order chi connectivity index (χ1) is 9.86. The molecule has 21 heavy (non-hydrogen) atoms.